The van der Waals surface area contributed by atoms with Crippen molar-refractivity contribution in [2.24, 2.45) is 12.8 Å². The van der Waals surface area contributed by atoms with Crippen molar-refractivity contribution in [2.45, 2.75) is 12.0 Å². The normalized spacial score (nSPS) is 27.1. The number of aryl methyl sites for hydroxylation is 1. The van der Waals surface area contributed by atoms with Crippen molar-refractivity contribution in [3.05, 3.63) is 18.2 Å². The zero-order chi connectivity index (χ0) is 14.1. The Labute approximate surface area is 118 Å². The predicted molar refractivity (Wildman–Crippen MR) is 73.3 cm³/mol. The van der Waals surface area contributed by atoms with Gasteiger partial charge in [0.2, 0.25) is 0 Å². The van der Waals surface area contributed by atoms with Gasteiger partial charge in [0.25, 0.3) is 0 Å². The molecule has 7 nitrogen and oxygen atoms in total. The first-order valence-corrected chi connectivity index (χ1v) is 7.00. The molecule has 1 aromatic heterocycles. The van der Waals surface area contributed by atoms with Gasteiger partial charge in [-0.2, -0.15) is 0 Å². The number of hydrogen-bond acceptors (Lipinski definition) is 4. The van der Waals surface area contributed by atoms with E-state index in [1.54, 1.807) is 6.33 Å². The standard InChI is InChI=1S/C13H21N5O2/c1-16-8-12(15-9-16)10-6-18(7-11(10)14)13(19)17-2-4-20-5-3-17/h8-11H,2-7,14H2,1H3/t10-,11-/m1/s1. The van der Waals surface area contributed by atoms with Gasteiger partial charge in [-0.3, -0.25) is 0 Å². The molecule has 2 fully saturated rings. The van der Waals surface area contributed by atoms with Gasteiger partial charge in [-0.25, -0.2) is 9.78 Å². The fraction of sp³-hybridized carbons (Fsp3) is 0.692. The van der Waals surface area contributed by atoms with E-state index in [9.17, 15) is 4.79 Å². The Bertz CT molecular complexity index is 483. The van der Waals surface area contributed by atoms with Crippen molar-refractivity contribution in [1.82, 2.24) is 19.4 Å². The Morgan fingerprint density at radius 2 is 2.10 bits per heavy atom. The van der Waals surface area contributed by atoms with Crippen LogP contribution >= 0.6 is 0 Å². The lowest BCUT2D eigenvalue weighted by Crippen LogP contribution is -2.47. The molecule has 0 spiro atoms. The average molecular weight is 279 g/mol. The molecular formula is C13H21N5O2. The number of likely N-dealkylation sites (tertiary alicyclic amines) is 1. The number of ether oxygens (including phenoxy) is 1. The summed E-state index contributed by atoms with van der Waals surface area (Å²) < 4.78 is 7.19. The molecule has 3 rings (SSSR count). The molecule has 7 heteroatoms. The second kappa shape index (κ2) is 5.41. The summed E-state index contributed by atoms with van der Waals surface area (Å²) in [5.41, 5.74) is 7.16. The quantitative estimate of drug-likeness (QED) is 0.759. The number of carbonyl (C=O) groups excluding carboxylic acids is 1. The predicted octanol–water partition coefficient (Wildman–Crippen LogP) is -0.401. The summed E-state index contributed by atoms with van der Waals surface area (Å²) in [5, 5.41) is 0. The molecule has 0 aromatic carbocycles. The molecule has 3 heterocycles. The van der Waals surface area contributed by atoms with Gasteiger partial charge in [-0.1, -0.05) is 0 Å². The highest BCUT2D eigenvalue weighted by atomic mass is 16.5. The third kappa shape index (κ3) is 2.51. The van der Waals surface area contributed by atoms with Gasteiger partial charge in [0.1, 0.15) is 0 Å². The second-order valence-corrected chi connectivity index (χ2v) is 5.52. The zero-order valence-corrected chi connectivity index (χ0v) is 11.7. The molecule has 2 atom stereocenters. The zero-order valence-electron chi connectivity index (χ0n) is 11.7. The van der Waals surface area contributed by atoms with Gasteiger partial charge in [0, 0.05) is 51.4 Å². The maximum Gasteiger partial charge on any atom is 0.320 e. The molecule has 2 N–H and O–H groups in total. The molecule has 0 unspecified atom stereocenters. The van der Waals surface area contributed by atoms with E-state index in [1.807, 2.05) is 27.6 Å². The number of nitrogens with zero attached hydrogens (tertiary/aromatic N) is 4. The summed E-state index contributed by atoms with van der Waals surface area (Å²) in [5.74, 6) is 0.126. The van der Waals surface area contributed by atoms with Crippen molar-refractivity contribution in [3.8, 4) is 0 Å². The Kier molecular flexibility index (Phi) is 3.62. The third-order valence-corrected chi connectivity index (χ3v) is 4.02. The summed E-state index contributed by atoms with van der Waals surface area (Å²) in [7, 11) is 1.94. The third-order valence-electron chi connectivity index (χ3n) is 4.02. The molecule has 1 aromatic rings. The fourth-order valence-electron chi connectivity index (χ4n) is 2.88. The van der Waals surface area contributed by atoms with Gasteiger partial charge in [0.15, 0.2) is 0 Å². The largest absolute Gasteiger partial charge is 0.378 e. The number of hydrogen-bond donors (Lipinski definition) is 1. The SMILES string of the molecule is Cn1cnc([C@@H]2CN(C(=O)N3CCOCC3)C[C@H]2N)c1. The number of urea groups is 1. The van der Waals surface area contributed by atoms with Crippen LogP contribution in [0.3, 0.4) is 0 Å². The van der Waals surface area contributed by atoms with Crippen LogP contribution in [0, 0.1) is 0 Å². The fourth-order valence-corrected chi connectivity index (χ4v) is 2.88. The number of nitrogens with two attached hydrogens (primary N) is 1. The Morgan fingerprint density at radius 3 is 2.75 bits per heavy atom. The smallest absolute Gasteiger partial charge is 0.320 e. The minimum absolute atomic E-state index is 0.0464. The maximum absolute atomic E-state index is 12.4. The Balaban J connectivity index is 1.66. The van der Waals surface area contributed by atoms with E-state index in [-0.39, 0.29) is 18.0 Å². The Hall–Kier alpha value is -1.60. The molecule has 0 radical (unpaired) electrons. The highest BCUT2D eigenvalue weighted by molar-refractivity contribution is 5.75. The molecule has 20 heavy (non-hydrogen) atoms. The average Bonchev–Trinajstić information content (AvgIpc) is 3.05. The first-order chi connectivity index (χ1) is 9.65. The van der Waals surface area contributed by atoms with E-state index >= 15 is 0 Å². The van der Waals surface area contributed by atoms with Gasteiger partial charge < -0.3 is 24.8 Å². The van der Waals surface area contributed by atoms with Crippen LogP contribution in [0.1, 0.15) is 11.6 Å². The Morgan fingerprint density at radius 1 is 1.35 bits per heavy atom. The molecule has 2 saturated heterocycles. The molecule has 0 saturated carbocycles. The van der Waals surface area contributed by atoms with Crippen molar-refractivity contribution in [2.75, 3.05) is 39.4 Å². The van der Waals surface area contributed by atoms with Gasteiger partial charge in [0.05, 0.1) is 25.2 Å². The molecule has 110 valence electrons. The molecule has 2 aliphatic heterocycles. The summed E-state index contributed by atoms with van der Waals surface area (Å²) in [6.45, 7) is 3.81. The number of aromatic nitrogens is 2. The first kappa shape index (κ1) is 13.4. The summed E-state index contributed by atoms with van der Waals surface area (Å²) in [4.78, 5) is 20.5. The second-order valence-electron chi connectivity index (χ2n) is 5.52. The molecule has 2 aliphatic rings. The van der Waals surface area contributed by atoms with Crippen LogP contribution in [0.25, 0.3) is 0 Å². The van der Waals surface area contributed by atoms with Crippen molar-refractivity contribution in [1.29, 1.82) is 0 Å². The lowest BCUT2D eigenvalue weighted by atomic mass is 10.0. The van der Waals surface area contributed by atoms with E-state index in [0.29, 0.717) is 39.4 Å². The molecular weight excluding hydrogens is 258 g/mol. The van der Waals surface area contributed by atoms with E-state index in [4.69, 9.17) is 10.5 Å². The number of morpholine rings is 1. The summed E-state index contributed by atoms with van der Waals surface area (Å²) >= 11 is 0. The first-order valence-electron chi connectivity index (χ1n) is 7.00. The van der Waals surface area contributed by atoms with Gasteiger partial charge >= 0.3 is 6.03 Å². The van der Waals surface area contributed by atoms with Crippen LogP contribution in [0.2, 0.25) is 0 Å². The number of amides is 2. The lowest BCUT2D eigenvalue weighted by Gasteiger charge is -2.30. The molecule has 2 amide bonds. The van der Waals surface area contributed by atoms with Crippen LogP contribution in [0.4, 0.5) is 4.79 Å². The molecule has 0 aliphatic carbocycles. The van der Waals surface area contributed by atoms with Crippen LogP contribution in [-0.2, 0) is 11.8 Å². The lowest BCUT2D eigenvalue weighted by molar-refractivity contribution is 0.0450. The summed E-state index contributed by atoms with van der Waals surface area (Å²) in [6.07, 6.45) is 3.75. The van der Waals surface area contributed by atoms with Crippen molar-refractivity contribution in [3.63, 3.8) is 0 Å². The van der Waals surface area contributed by atoms with Crippen LogP contribution in [0.15, 0.2) is 12.5 Å². The van der Waals surface area contributed by atoms with Gasteiger partial charge in [-0.05, 0) is 0 Å². The number of rotatable bonds is 1. The van der Waals surface area contributed by atoms with Crippen LogP contribution in [-0.4, -0.2) is 70.8 Å². The minimum Gasteiger partial charge on any atom is -0.378 e. The monoisotopic (exact) mass is 279 g/mol. The maximum atomic E-state index is 12.4. The van der Waals surface area contributed by atoms with Gasteiger partial charge in [-0.15, -0.1) is 0 Å². The highest BCUT2D eigenvalue weighted by Crippen LogP contribution is 2.26. The molecule has 0 bridgehead atoms. The van der Waals surface area contributed by atoms with Crippen LogP contribution < -0.4 is 5.73 Å². The highest BCUT2D eigenvalue weighted by Gasteiger charge is 2.37. The van der Waals surface area contributed by atoms with E-state index < -0.39 is 0 Å². The topological polar surface area (TPSA) is 76.6 Å². The number of carbonyl (C=O) groups is 1. The van der Waals surface area contributed by atoms with E-state index in [1.165, 1.54) is 0 Å². The number of imidazole rings is 1. The van der Waals surface area contributed by atoms with Crippen molar-refractivity contribution < 1.29 is 9.53 Å². The van der Waals surface area contributed by atoms with E-state index in [2.05, 4.69) is 4.98 Å². The van der Waals surface area contributed by atoms with Crippen molar-refractivity contribution >= 4 is 6.03 Å². The summed E-state index contributed by atoms with van der Waals surface area (Å²) in [6, 6.07) is 0.0251. The minimum atomic E-state index is -0.0464. The van der Waals surface area contributed by atoms with Crippen LogP contribution in [0.5, 0.6) is 0 Å². The van der Waals surface area contributed by atoms with E-state index in [0.717, 1.165) is 5.69 Å².